The molecule has 5 rings (SSSR count). The summed E-state index contributed by atoms with van der Waals surface area (Å²) in [5.41, 5.74) is 2.06. The molecule has 2 fully saturated rings. The number of rotatable bonds is 9. The van der Waals surface area contributed by atoms with Gasteiger partial charge in [-0.2, -0.15) is 0 Å². The first kappa shape index (κ1) is 27.3. The van der Waals surface area contributed by atoms with Gasteiger partial charge in [-0.3, -0.25) is 14.8 Å². The summed E-state index contributed by atoms with van der Waals surface area (Å²) in [5.74, 6) is 0.585. The van der Waals surface area contributed by atoms with E-state index in [0.717, 1.165) is 33.6 Å². The van der Waals surface area contributed by atoms with Crippen LogP contribution in [0.15, 0.2) is 60.0 Å². The van der Waals surface area contributed by atoms with Gasteiger partial charge in [0.15, 0.2) is 11.8 Å². The molecule has 9 heteroatoms. The van der Waals surface area contributed by atoms with Crippen LogP contribution >= 0.6 is 11.8 Å². The van der Waals surface area contributed by atoms with Gasteiger partial charge in [0, 0.05) is 60.3 Å². The molecule has 3 aromatic rings. The Bertz CT molecular complexity index is 1360. The number of carbonyl (C=O) groups is 2. The Morgan fingerprint density at radius 2 is 1.92 bits per heavy atom. The molecule has 8 nitrogen and oxygen atoms in total. The van der Waals surface area contributed by atoms with Crippen molar-refractivity contribution in [3.05, 3.63) is 60.6 Å². The lowest BCUT2D eigenvalue weighted by Crippen LogP contribution is -2.63. The minimum Gasteiger partial charge on any atom is -0.464 e. The predicted molar refractivity (Wildman–Crippen MR) is 155 cm³/mol. The van der Waals surface area contributed by atoms with Gasteiger partial charge in [0.25, 0.3) is 0 Å². The maximum absolute atomic E-state index is 13.3. The molecule has 2 aromatic heterocycles. The molecule has 1 saturated heterocycles. The first-order valence-corrected chi connectivity index (χ1v) is 14.4. The van der Waals surface area contributed by atoms with E-state index in [-0.39, 0.29) is 28.9 Å². The average Bonchev–Trinajstić information content (AvgIpc) is 2.95. The van der Waals surface area contributed by atoms with E-state index in [1.54, 1.807) is 37.3 Å². The Kier molecular flexibility index (Phi) is 8.28. The highest BCUT2D eigenvalue weighted by molar-refractivity contribution is 8.02. The molecule has 1 aromatic carbocycles. The third kappa shape index (κ3) is 5.70. The summed E-state index contributed by atoms with van der Waals surface area (Å²) in [6.45, 7) is 7.29. The van der Waals surface area contributed by atoms with Crippen LogP contribution < -0.4 is 5.32 Å². The van der Waals surface area contributed by atoms with E-state index in [9.17, 15) is 9.59 Å². The maximum atomic E-state index is 13.3. The quantitative estimate of drug-likeness (QED) is 0.367. The lowest BCUT2D eigenvalue weighted by Gasteiger charge is -2.49. The summed E-state index contributed by atoms with van der Waals surface area (Å²) in [6.07, 6.45) is 6.95. The fraction of sp³-hybridized carbons (Fsp3) is 0.433. The smallest absolute Gasteiger partial charge is 0.331 e. The number of aliphatic imine (C=N–C) groups is 1. The summed E-state index contributed by atoms with van der Waals surface area (Å²) in [5, 5.41) is 5.32. The Labute approximate surface area is 233 Å². The number of thioether (sulfide) groups is 1. The summed E-state index contributed by atoms with van der Waals surface area (Å²) >= 11 is 1.61. The molecule has 2 atom stereocenters. The molecule has 0 amide bonds. The summed E-state index contributed by atoms with van der Waals surface area (Å²) in [7, 11) is 0. The molecular formula is C30H34N4O4S. The molecule has 204 valence electrons. The van der Waals surface area contributed by atoms with Crippen LogP contribution in [0.4, 0.5) is 11.5 Å². The number of benzene rings is 1. The fourth-order valence-corrected chi connectivity index (χ4v) is 6.58. The second-order valence-electron chi connectivity index (χ2n) is 10.2. The van der Waals surface area contributed by atoms with Crippen molar-refractivity contribution in [2.75, 3.05) is 25.1 Å². The highest BCUT2D eigenvalue weighted by atomic mass is 32.2. The number of hydrogen-bond donors (Lipinski definition) is 1. The van der Waals surface area contributed by atoms with Gasteiger partial charge in [-0.15, -0.1) is 11.8 Å². The number of anilines is 2. The number of pyridine rings is 2. The van der Waals surface area contributed by atoms with Gasteiger partial charge in [0.2, 0.25) is 0 Å². The van der Waals surface area contributed by atoms with Crippen molar-refractivity contribution in [3.63, 3.8) is 0 Å². The molecule has 1 aliphatic carbocycles. The van der Waals surface area contributed by atoms with Gasteiger partial charge in [-0.05, 0) is 55.0 Å². The fourth-order valence-electron chi connectivity index (χ4n) is 5.27. The molecule has 1 aliphatic heterocycles. The molecule has 1 N–H and O–H groups in total. The minimum atomic E-state index is -0.715. The van der Waals surface area contributed by atoms with E-state index in [0.29, 0.717) is 32.5 Å². The highest BCUT2D eigenvalue weighted by Gasteiger charge is 2.60. The van der Waals surface area contributed by atoms with Gasteiger partial charge in [0.05, 0.1) is 12.0 Å². The molecule has 1 unspecified atom stereocenters. The standard InChI is InChI=1S/C30H34N4O4S/c1-4-38-29(36)24(34-26-25(39-19(2)3)27(35)30(26)11-15-37-16-12-30)17-20-5-7-22(8-6-20)33-28-23-18-31-13-9-21(23)10-14-32-28/h5-10,13-14,18-19,24-25H,4,11-12,15-17H2,1-3H3,(H,32,33)/t24-,25?/m0/s1. The zero-order valence-corrected chi connectivity index (χ0v) is 23.4. The van der Waals surface area contributed by atoms with Crippen LogP contribution in [-0.4, -0.2) is 63.8 Å². The predicted octanol–water partition coefficient (Wildman–Crippen LogP) is 5.18. The van der Waals surface area contributed by atoms with Crippen molar-refractivity contribution in [2.24, 2.45) is 10.4 Å². The number of nitrogens with one attached hydrogen (secondary N) is 1. The van der Waals surface area contributed by atoms with Crippen LogP contribution in [0.5, 0.6) is 0 Å². The van der Waals surface area contributed by atoms with E-state index in [1.165, 1.54) is 0 Å². The number of hydrogen-bond acceptors (Lipinski definition) is 9. The molecular weight excluding hydrogens is 512 g/mol. The number of fused-ring (bicyclic) bond motifs is 1. The molecule has 1 saturated carbocycles. The van der Waals surface area contributed by atoms with E-state index in [4.69, 9.17) is 14.5 Å². The zero-order chi connectivity index (χ0) is 27.4. The second-order valence-corrected chi connectivity index (χ2v) is 11.9. The number of Topliss-reactive ketones (excluding diaryl/α,β-unsaturated/α-hetero) is 1. The number of aromatic nitrogens is 2. The van der Waals surface area contributed by atoms with Crippen molar-refractivity contribution < 1.29 is 19.1 Å². The number of ether oxygens (including phenoxy) is 2. The SMILES string of the molecule is CCOC(=O)[C@H](Cc1ccc(Nc2nccc3ccncc23)cc1)N=C1C(SC(C)C)C(=O)C12CCOCC2. The topological polar surface area (TPSA) is 103 Å². The normalized spacial score (nSPS) is 20.3. The van der Waals surface area contributed by atoms with E-state index in [1.807, 2.05) is 36.4 Å². The van der Waals surface area contributed by atoms with Gasteiger partial charge < -0.3 is 14.8 Å². The molecule has 1 spiro atoms. The first-order valence-electron chi connectivity index (χ1n) is 13.5. The Morgan fingerprint density at radius 3 is 2.64 bits per heavy atom. The van der Waals surface area contributed by atoms with Crippen LogP contribution in [0.25, 0.3) is 10.8 Å². The number of nitrogens with zero attached hydrogens (tertiary/aromatic N) is 3. The number of ketones is 1. The van der Waals surface area contributed by atoms with E-state index in [2.05, 4.69) is 29.1 Å². The number of esters is 1. The average molecular weight is 547 g/mol. The van der Waals surface area contributed by atoms with Gasteiger partial charge in [-0.1, -0.05) is 26.0 Å². The van der Waals surface area contributed by atoms with E-state index < -0.39 is 11.5 Å². The van der Waals surface area contributed by atoms with E-state index >= 15 is 0 Å². The molecule has 0 radical (unpaired) electrons. The summed E-state index contributed by atoms with van der Waals surface area (Å²) in [6, 6.07) is 11.1. The summed E-state index contributed by atoms with van der Waals surface area (Å²) in [4.78, 5) is 40.1. The summed E-state index contributed by atoms with van der Waals surface area (Å²) < 4.78 is 11.0. The minimum absolute atomic E-state index is 0.221. The first-order chi connectivity index (χ1) is 18.9. The Morgan fingerprint density at radius 1 is 1.18 bits per heavy atom. The number of carbonyl (C=O) groups excluding carboxylic acids is 2. The monoisotopic (exact) mass is 546 g/mol. The van der Waals surface area contributed by atoms with Crippen molar-refractivity contribution >= 4 is 51.5 Å². The lowest BCUT2D eigenvalue weighted by molar-refractivity contribution is -0.144. The van der Waals surface area contributed by atoms with Gasteiger partial charge in [-0.25, -0.2) is 9.78 Å². The maximum Gasteiger partial charge on any atom is 0.331 e. The zero-order valence-electron chi connectivity index (χ0n) is 22.6. The third-order valence-corrected chi connectivity index (χ3v) is 8.52. The van der Waals surface area contributed by atoms with Crippen LogP contribution in [0.1, 0.15) is 39.2 Å². The van der Waals surface area contributed by atoms with Crippen LogP contribution in [-0.2, 0) is 25.5 Å². The Hall–Kier alpha value is -3.30. The van der Waals surface area contributed by atoms with Gasteiger partial charge in [0.1, 0.15) is 11.1 Å². The Balaban J connectivity index is 1.38. The van der Waals surface area contributed by atoms with Crippen molar-refractivity contribution in [1.82, 2.24) is 9.97 Å². The van der Waals surface area contributed by atoms with Crippen LogP contribution in [0, 0.1) is 5.41 Å². The molecule has 3 heterocycles. The van der Waals surface area contributed by atoms with Crippen molar-refractivity contribution in [1.29, 1.82) is 0 Å². The van der Waals surface area contributed by atoms with Crippen LogP contribution in [0.3, 0.4) is 0 Å². The van der Waals surface area contributed by atoms with Crippen molar-refractivity contribution in [3.8, 4) is 0 Å². The molecule has 2 aliphatic rings. The second kappa shape index (κ2) is 11.8. The third-order valence-electron chi connectivity index (χ3n) is 7.27. The molecule has 39 heavy (non-hydrogen) atoms. The molecule has 0 bridgehead atoms. The van der Waals surface area contributed by atoms with Crippen LogP contribution in [0.2, 0.25) is 0 Å². The largest absolute Gasteiger partial charge is 0.464 e. The van der Waals surface area contributed by atoms with Crippen molar-refractivity contribution in [2.45, 2.75) is 56.6 Å². The lowest BCUT2D eigenvalue weighted by atomic mass is 9.60. The highest BCUT2D eigenvalue weighted by Crippen LogP contribution is 2.49. The van der Waals surface area contributed by atoms with Gasteiger partial charge >= 0.3 is 5.97 Å².